The van der Waals surface area contributed by atoms with Gasteiger partial charge in [-0.15, -0.1) is 0 Å². The number of methoxy groups -OCH3 is 1. The summed E-state index contributed by atoms with van der Waals surface area (Å²) in [6.07, 6.45) is 1.05. The molecule has 1 aromatic carbocycles. The third kappa shape index (κ3) is 5.68. The van der Waals surface area contributed by atoms with Crippen LogP contribution in [0.1, 0.15) is 19.8 Å². The molecule has 1 rings (SSSR count). The molecule has 1 atom stereocenters. The van der Waals surface area contributed by atoms with Crippen LogP contribution < -0.4 is 15.4 Å². The number of rotatable bonds is 7. The number of amides is 2. The second kappa shape index (κ2) is 8.08. The Hall–Kier alpha value is -2.31. The molecule has 0 aliphatic rings. The Bertz CT molecular complexity index is 508. The van der Waals surface area contributed by atoms with Gasteiger partial charge in [0.1, 0.15) is 0 Å². The van der Waals surface area contributed by atoms with Gasteiger partial charge in [-0.2, -0.15) is 0 Å². The minimum absolute atomic E-state index is 0.0445. The normalized spacial score (nSPS) is 11.6. The Morgan fingerprint density at radius 2 is 2.14 bits per heavy atom. The van der Waals surface area contributed by atoms with Crippen LogP contribution in [-0.2, 0) is 4.79 Å². The maximum absolute atomic E-state index is 13.2. The SMILES string of the molecule is COc1cc(NC(=O)NCCCC(C)C(=O)O)ccc1F. The van der Waals surface area contributed by atoms with Crippen molar-refractivity contribution in [2.75, 3.05) is 19.0 Å². The molecule has 7 heteroatoms. The molecule has 0 heterocycles. The van der Waals surface area contributed by atoms with Gasteiger partial charge in [0.15, 0.2) is 11.6 Å². The molecule has 1 aromatic rings. The van der Waals surface area contributed by atoms with E-state index in [1.807, 2.05) is 0 Å². The summed E-state index contributed by atoms with van der Waals surface area (Å²) in [5.41, 5.74) is 0.407. The second-order valence-electron chi connectivity index (χ2n) is 4.61. The smallest absolute Gasteiger partial charge is 0.319 e. The van der Waals surface area contributed by atoms with Crippen molar-refractivity contribution in [1.29, 1.82) is 0 Å². The first-order chi connectivity index (χ1) is 9.93. The van der Waals surface area contributed by atoms with Crippen LogP contribution in [0.15, 0.2) is 18.2 Å². The average Bonchev–Trinajstić information content (AvgIpc) is 2.45. The lowest BCUT2D eigenvalue weighted by Gasteiger charge is -2.10. The number of ether oxygens (including phenoxy) is 1. The second-order valence-corrected chi connectivity index (χ2v) is 4.61. The maximum atomic E-state index is 13.2. The molecule has 0 spiro atoms. The zero-order valence-corrected chi connectivity index (χ0v) is 12.0. The van der Waals surface area contributed by atoms with E-state index in [2.05, 4.69) is 10.6 Å². The molecule has 21 heavy (non-hydrogen) atoms. The Kier molecular flexibility index (Phi) is 6.45. The molecular weight excluding hydrogens is 279 g/mol. The van der Waals surface area contributed by atoms with E-state index in [9.17, 15) is 14.0 Å². The van der Waals surface area contributed by atoms with Gasteiger partial charge in [0.2, 0.25) is 0 Å². The number of nitrogens with one attached hydrogen (secondary N) is 2. The zero-order valence-electron chi connectivity index (χ0n) is 12.0. The van der Waals surface area contributed by atoms with Gasteiger partial charge in [0.05, 0.1) is 13.0 Å². The third-order valence-electron chi connectivity index (χ3n) is 2.93. The van der Waals surface area contributed by atoms with Crippen LogP contribution in [0.5, 0.6) is 5.75 Å². The Labute approximate surface area is 122 Å². The van der Waals surface area contributed by atoms with Gasteiger partial charge in [-0.05, 0) is 25.0 Å². The van der Waals surface area contributed by atoms with Crippen LogP contribution in [0.4, 0.5) is 14.9 Å². The molecule has 0 bridgehead atoms. The van der Waals surface area contributed by atoms with E-state index in [1.54, 1.807) is 6.92 Å². The molecule has 6 nitrogen and oxygen atoms in total. The number of carbonyl (C=O) groups is 2. The van der Waals surface area contributed by atoms with E-state index >= 15 is 0 Å². The predicted molar refractivity (Wildman–Crippen MR) is 76.0 cm³/mol. The number of aliphatic carboxylic acids is 1. The summed E-state index contributed by atoms with van der Waals surface area (Å²) in [6.45, 7) is 1.98. The number of benzene rings is 1. The van der Waals surface area contributed by atoms with Crippen LogP contribution in [-0.4, -0.2) is 30.8 Å². The van der Waals surface area contributed by atoms with Crippen LogP contribution in [0, 0.1) is 11.7 Å². The lowest BCUT2D eigenvalue weighted by molar-refractivity contribution is -0.141. The highest BCUT2D eigenvalue weighted by Gasteiger charge is 2.10. The van der Waals surface area contributed by atoms with Crippen LogP contribution in [0.25, 0.3) is 0 Å². The van der Waals surface area contributed by atoms with Gasteiger partial charge in [0, 0.05) is 18.3 Å². The lowest BCUT2D eigenvalue weighted by atomic mass is 10.1. The fourth-order valence-corrected chi connectivity index (χ4v) is 1.65. The maximum Gasteiger partial charge on any atom is 0.319 e. The van der Waals surface area contributed by atoms with Crippen molar-refractivity contribution in [2.24, 2.45) is 5.92 Å². The number of hydrogen-bond donors (Lipinski definition) is 3. The van der Waals surface area contributed by atoms with E-state index < -0.39 is 23.7 Å². The molecule has 0 radical (unpaired) electrons. The first-order valence-corrected chi connectivity index (χ1v) is 6.55. The van der Waals surface area contributed by atoms with Crippen molar-refractivity contribution >= 4 is 17.7 Å². The van der Waals surface area contributed by atoms with Gasteiger partial charge in [0.25, 0.3) is 0 Å². The van der Waals surface area contributed by atoms with E-state index in [-0.39, 0.29) is 5.75 Å². The predicted octanol–water partition coefficient (Wildman–Crippen LogP) is 2.46. The summed E-state index contributed by atoms with van der Waals surface area (Å²) in [7, 11) is 1.34. The average molecular weight is 298 g/mol. The van der Waals surface area contributed by atoms with Gasteiger partial charge in [-0.3, -0.25) is 4.79 Å². The fourth-order valence-electron chi connectivity index (χ4n) is 1.65. The Morgan fingerprint density at radius 1 is 1.43 bits per heavy atom. The number of carboxylic acid groups (broad SMARTS) is 1. The number of anilines is 1. The monoisotopic (exact) mass is 298 g/mol. The number of hydrogen-bond acceptors (Lipinski definition) is 3. The number of urea groups is 1. The molecule has 0 aromatic heterocycles. The van der Waals surface area contributed by atoms with Gasteiger partial charge in [-0.1, -0.05) is 6.92 Å². The lowest BCUT2D eigenvalue weighted by Crippen LogP contribution is -2.30. The zero-order chi connectivity index (χ0) is 15.8. The third-order valence-corrected chi connectivity index (χ3v) is 2.93. The van der Waals surface area contributed by atoms with Crippen molar-refractivity contribution in [2.45, 2.75) is 19.8 Å². The molecule has 116 valence electrons. The fraction of sp³-hybridized carbons (Fsp3) is 0.429. The summed E-state index contributed by atoms with van der Waals surface area (Å²) < 4.78 is 18.0. The van der Waals surface area contributed by atoms with Crippen molar-refractivity contribution < 1.29 is 23.8 Å². The van der Waals surface area contributed by atoms with Crippen LogP contribution in [0.2, 0.25) is 0 Å². The topological polar surface area (TPSA) is 87.7 Å². The van der Waals surface area contributed by atoms with E-state index in [4.69, 9.17) is 9.84 Å². The van der Waals surface area contributed by atoms with Crippen molar-refractivity contribution in [3.8, 4) is 5.75 Å². The quantitative estimate of drug-likeness (QED) is 0.675. The molecule has 3 N–H and O–H groups in total. The van der Waals surface area contributed by atoms with Crippen molar-refractivity contribution in [3.63, 3.8) is 0 Å². The summed E-state index contributed by atoms with van der Waals surface area (Å²) in [6, 6.07) is 3.56. The van der Waals surface area contributed by atoms with Gasteiger partial charge >= 0.3 is 12.0 Å². The number of halogens is 1. The summed E-state index contributed by atoms with van der Waals surface area (Å²) in [4.78, 5) is 22.2. The molecule has 1 unspecified atom stereocenters. The van der Waals surface area contributed by atoms with Crippen LogP contribution >= 0.6 is 0 Å². The molecule has 0 aliphatic heterocycles. The van der Waals surface area contributed by atoms with E-state index in [0.717, 1.165) is 0 Å². The molecule has 0 saturated heterocycles. The minimum Gasteiger partial charge on any atom is -0.494 e. The van der Waals surface area contributed by atoms with Crippen molar-refractivity contribution in [3.05, 3.63) is 24.0 Å². The molecule has 0 fully saturated rings. The van der Waals surface area contributed by atoms with Gasteiger partial charge < -0.3 is 20.5 Å². The molecule has 0 aliphatic carbocycles. The highest BCUT2D eigenvalue weighted by Crippen LogP contribution is 2.21. The van der Waals surface area contributed by atoms with Crippen molar-refractivity contribution in [1.82, 2.24) is 5.32 Å². The molecule has 2 amide bonds. The van der Waals surface area contributed by atoms with Crippen LogP contribution in [0.3, 0.4) is 0 Å². The highest BCUT2D eigenvalue weighted by atomic mass is 19.1. The standard InChI is InChI=1S/C14H19FN2O4/c1-9(13(18)19)4-3-7-16-14(20)17-10-5-6-11(15)12(8-10)21-2/h5-6,8-9H,3-4,7H2,1-2H3,(H,18,19)(H2,16,17,20). The Morgan fingerprint density at radius 3 is 2.76 bits per heavy atom. The minimum atomic E-state index is -0.849. The summed E-state index contributed by atoms with van der Waals surface area (Å²) >= 11 is 0. The van der Waals surface area contributed by atoms with E-state index in [1.165, 1.54) is 25.3 Å². The first-order valence-electron chi connectivity index (χ1n) is 6.55. The first kappa shape index (κ1) is 16.7. The number of carbonyl (C=O) groups excluding carboxylic acids is 1. The molecule has 0 saturated carbocycles. The summed E-state index contributed by atoms with van der Waals surface area (Å²) in [5, 5.41) is 13.9. The van der Waals surface area contributed by atoms with Gasteiger partial charge in [-0.25, -0.2) is 9.18 Å². The Balaban J connectivity index is 2.35. The molecular formula is C14H19FN2O4. The largest absolute Gasteiger partial charge is 0.494 e. The number of carboxylic acids is 1. The summed E-state index contributed by atoms with van der Waals surface area (Å²) in [5.74, 6) is -1.75. The highest BCUT2D eigenvalue weighted by molar-refractivity contribution is 5.89. The van der Waals surface area contributed by atoms with E-state index in [0.29, 0.717) is 25.1 Å².